The van der Waals surface area contributed by atoms with Gasteiger partial charge >= 0.3 is 0 Å². The summed E-state index contributed by atoms with van der Waals surface area (Å²) < 4.78 is 5.86. The number of hydrogen-bond donors (Lipinski definition) is 1. The molecule has 2 heterocycles. The van der Waals surface area contributed by atoms with Crippen LogP contribution in [0.5, 0.6) is 5.75 Å². The maximum Gasteiger partial charge on any atom is 0.124 e. The second-order valence-electron chi connectivity index (χ2n) is 5.66. The molecule has 1 fully saturated rings. The fourth-order valence-corrected chi connectivity index (χ4v) is 3.07. The van der Waals surface area contributed by atoms with Gasteiger partial charge in [-0.05, 0) is 37.9 Å². The lowest BCUT2D eigenvalue weighted by atomic mass is 9.92. The Morgan fingerprint density at radius 2 is 1.94 bits per heavy atom. The molecule has 0 amide bonds. The van der Waals surface area contributed by atoms with E-state index in [1.165, 1.54) is 12.8 Å². The molecule has 0 aromatic heterocycles. The quantitative estimate of drug-likeness (QED) is 0.825. The minimum Gasteiger partial charge on any atom is -0.492 e. The molecule has 0 bridgehead atoms. The van der Waals surface area contributed by atoms with Gasteiger partial charge in [0.15, 0.2) is 0 Å². The number of hydrogen-bond acceptors (Lipinski definition) is 3. The number of para-hydroxylation sites is 1. The fourth-order valence-electron chi connectivity index (χ4n) is 3.07. The number of benzene rings is 1. The third kappa shape index (κ3) is 2.13. The Bertz CT molecular complexity index is 413. The van der Waals surface area contributed by atoms with Crippen LogP contribution in [0.3, 0.4) is 0 Å². The summed E-state index contributed by atoms with van der Waals surface area (Å²) in [6.45, 7) is 5.38. The maximum atomic E-state index is 6.43. The molecule has 98 valence electrons. The lowest BCUT2D eigenvalue weighted by Crippen LogP contribution is -2.51. The fraction of sp³-hybridized carbons (Fsp3) is 0.600. The van der Waals surface area contributed by atoms with Crippen LogP contribution < -0.4 is 10.5 Å². The molecule has 2 N–H and O–H groups in total. The van der Waals surface area contributed by atoms with Crippen molar-refractivity contribution in [2.75, 3.05) is 19.7 Å². The van der Waals surface area contributed by atoms with Crippen molar-refractivity contribution in [2.45, 2.75) is 31.8 Å². The van der Waals surface area contributed by atoms with E-state index < -0.39 is 0 Å². The number of ether oxygens (including phenoxy) is 1. The van der Waals surface area contributed by atoms with E-state index in [9.17, 15) is 0 Å². The average molecular weight is 246 g/mol. The van der Waals surface area contributed by atoms with Gasteiger partial charge in [-0.25, -0.2) is 0 Å². The molecule has 2 aliphatic rings. The van der Waals surface area contributed by atoms with Gasteiger partial charge in [0.1, 0.15) is 12.4 Å². The molecule has 0 saturated carbocycles. The van der Waals surface area contributed by atoms with Crippen molar-refractivity contribution in [2.24, 2.45) is 11.7 Å². The van der Waals surface area contributed by atoms with Gasteiger partial charge in [-0.1, -0.05) is 25.1 Å². The Kier molecular flexibility index (Phi) is 3.27. The molecular formula is C15H22N2O. The maximum absolute atomic E-state index is 6.43. The highest BCUT2D eigenvalue weighted by Crippen LogP contribution is 2.33. The van der Waals surface area contributed by atoms with Crippen LogP contribution in [0.25, 0.3) is 0 Å². The molecular weight excluding hydrogens is 224 g/mol. The van der Waals surface area contributed by atoms with E-state index in [2.05, 4.69) is 17.9 Å². The summed E-state index contributed by atoms with van der Waals surface area (Å²) in [5, 5.41) is 0. The summed E-state index contributed by atoms with van der Waals surface area (Å²) in [6.07, 6.45) is 2.57. The molecule has 3 rings (SSSR count). The molecule has 2 atom stereocenters. The van der Waals surface area contributed by atoms with Crippen LogP contribution in [0.2, 0.25) is 0 Å². The predicted molar refractivity (Wildman–Crippen MR) is 72.6 cm³/mol. The lowest BCUT2D eigenvalue weighted by Gasteiger charge is -2.41. The smallest absolute Gasteiger partial charge is 0.124 e. The van der Waals surface area contributed by atoms with Gasteiger partial charge in [0.05, 0.1) is 12.1 Å². The molecule has 2 unspecified atom stereocenters. The predicted octanol–water partition coefficient (Wildman–Crippen LogP) is 2.18. The summed E-state index contributed by atoms with van der Waals surface area (Å²) in [4.78, 5) is 2.51. The number of nitrogens with two attached hydrogens (primary N) is 1. The highest BCUT2D eigenvalue weighted by molar-refractivity contribution is 5.38. The third-order valence-corrected chi connectivity index (χ3v) is 4.39. The first-order chi connectivity index (χ1) is 8.75. The SMILES string of the molecule is CC1CCN(C2COc3ccccc3C2N)CC1. The number of likely N-dealkylation sites (tertiary alicyclic amines) is 1. The van der Waals surface area contributed by atoms with Gasteiger partial charge in [0, 0.05) is 5.56 Å². The van der Waals surface area contributed by atoms with Gasteiger partial charge in [-0.15, -0.1) is 0 Å². The minimum atomic E-state index is 0.0864. The number of rotatable bonds is 1. The molecule has 0 aliphatic carbocycles. The molecule has 1 aromatic rings. The normalized spacial score (nSPS) is 29.7. The van der Waals surface area contributed by atoms with Crippen LogP contribution in [-0.2, 0) is 0 Å². The second kappa shape index (κ2) is 4.90. The van der Waals surface area contributed by atoms with Crippen LogP contribution in [0.15, 0.2) is 24.3 Å². The highest BCUT2D eigenvalue weighted by Gasteiger charge is 2.33. The topological polar surface area (TPSA) is 38.5 Å². The van der Waals surface area contributed by atoms with Crippen LogP contribution in [0, 0.1) is 5.92 Å². The second-order valence-corrected chi connectivity index (χ2v) is 5.66. The average Bonchev–Trinajstić information content (AvgIpc) is 2.41. The van der Waals surface area contributed by atoms with Crippen LogP contribution >= 0.6 is 0 Å². The first-order valence-corrected chi connectivity index (χ1v) is 6.97. The summed E-state index contributed by atoms with van der Waals surface area (Å²) >= 11 is 0. The van der Waals surface area contributed by atoms with E-state index in [1.807, 2.05) is 18.2 Å². The van der Waals surface area contributed by atoms with Crippen molar-refractivity contribution < 1.29 is 4.74 Å². The molecule has 3 nitrogen and oxygen atoms in total. The molecule has 0 radical (unpaired) electrons. The van der Waals surface area contributed by atoms with Crippen molar-refractivity contribution >= 4 is 0 Å². The molecule has 1 aromatic carbocycles. The van der Waals surface area contributed by atoms with E-state index in [0.717, 1.165) is 36.9 Å². The Balaban J connectivity index is 1.76. The Morgan fingerprint density at radius 3 is 2.72 bits per heavy atom. The molecule has 3 heteroatoms. The highest BCUT2D eigenvalue weighted by atomic mass is 16.5. The van der Waals surface area contributed by atoms with E-state index in [4.69, 9.17) is 10.5 Å². The summed E-state index contributed by atoms with van der Waals surface area (Å²) in [6, 6.07) is 8.59. The van der Waals surface area contributed by atoms with E-state index >= 15 is 0 Å². The van der Waals surface area contributed by atoms with Crippen molar-refractivity contribution in [1.82, 2.24) is 4.90 Å². The van der Waals surface area contributed by atoms with Crippen LogP contribution in [-0.4, -0.2) is 30.6 Å². The van der Waals surface area contributed by atoms with Gasteiger partial charge in [-0.2, -0.15) is 0 Å². The zero-order valence-electron chi connectivity index (χ0n) is 11.0. The molecule has 0 spiro atoms. The van der Waals surface area contributed by atoms with Crippen molar-refractivity contribution in [3.05, 3.63) is 29.8 Å². The Labute approximate surface area is 109 Å². The van der Waals surface area contributed by atoms with Gasteiger partial charge in [0.2, 0.25) is 0 Å². The summed E-state index contributed by atoms with van der Waals surface area (Å²) in [7, 11) is 0. The molecule has 2 aliphatic heterocycles. The first kappa shape index (κ1) is 12.0. The van der Waals surface area contributed by atoms with Crippen molar-refractivity contribution in [3.63, 3.8) is 0 Å². The lowest BCUT2D eigenvalue weighted by molar-refractivity contribution is 0.0694. The van der Waals surface area contributed by atoms with E-state index in [0.29, 0.717) is 6.04 Å². The zero-order chi connectivity index (χ0) is 12.5. The Hall–Kier alpha value is -1.06. The van der Waals surface area contributed by atoms with Crippen LogP contribution in [0.4, 0.5) is 0 Å². The van der Waals surface area contributed by atoms with Gasteiger partial charge < -0.3 is 10.5 Å². The Morgan fingerprint density at radius 1 is 1.22 bits per heavy atom. The number of fused-ring (bicyclic) bond motifs is 1. The molecule has 1 saturated heterocycles. The van der Waals surface area contributed by atoms with Gasteiger partial charge in [-0.3, -0.25) is 4.90 Å². The minimum absolute atomic E-state index is 0.0864. The van der Waals surface area contributed by atoms with Gasteiger partial charge in [0.25, 0.3) is 0 Å². The standard InChI is InChI=1S/C15H22N2O/c1-11-6-8-17(9-7-11)13-10-18-14-5-3-2-4-12(14)15(13)16/h2-5,11,13,15H,6-10,16H2,1H3. The number of piperidine rings is 1. The monoisotopic (exact) mass is 246 g/mol. The largest absolute Gasteiger partial charge is 0.492 e. The van der Waals surface area contributed by atoms with Crippen molar-refractivity contribution in [1.29, 1.82) is 0 Å². The van der Waals surface area contributed by atoms with Crippen molar-refractivity contribution in [3.8, 4) is 5.75 Å². The van der Waals surface area contributed by atoms with E-state index in [-0.39, 0.29) is 6.04 Å². The van der Waals surface area contributed by atoms with Crippen LogP contribution in [0.1, 0.15) is 31.4 Å². The first-order valence-electron chi connectivity index (χ1n) is 6.97. The van der Waals surface area contributed by atoms with E-state index in [1.54, 1.807) is 0 Å². The zero-order valence-corrected chi connectivity index (χ0v) is 11.0. The summed E-state index contributed by atoms with van der Waals surface area (Å²) in [5.74, 6) is 1.82. The third-order valence-electron chi connectivity index (χ3n) is 4.39. The number of nitrogens with zero attached hydrogens (tertiary/aromatic N) is 1. The molecule has 18 heavy (non-hydrogen) atoms. The summed E-state index contributed by atoms with van der Waals surface area (Å²) in [5.41, 5.74) is 7.59.